The van der Waals surface area contributed by atoms with Crippen molar-refractivity contribution in [1.82, 2.24) is 18.6 Å². The van der Waals surface area contributed by atoms with Crippen LogP contribution in [-0.4, -0.2) is 55.0 Å². The highest BCUT2D eigenvalue weighted by Gasteiger charge is 2.38. The highest BCUT2D eigenvalue weighted by Crippen LogP contribution is 2.37. The zero-order valence-electron chi connectivity index (χ0n) is 23.1. The van der Waals surface area contributed by atoms with E-state index in [2.05, 4.69) is 48.8 Å². The van der Waals surface area contributed by atoms with Crippen molar-refractivity contribution in [2.75, 3.05) is 30.4 Å². The molecule has 4 aromatic rings. The zero-order valence-corrected chi connectivity index (χ0v) is 24.9. The number of nitrogens with two attached hydrogens (primary N) is 1. The molecule has 0 unspecified atom stereocenters. The molecule has 0 radical (unpaired) electrons. The van der Waals surface area contributed by atoms with Gasteiger partial charge in [-0.25, -0.2) is 27.0 Å². The summed E-state index contributed by atoms with van der Waals surface area (Å²) in [6, 6.07) is 8.61. The van der Waals surface area contributed by atoms with Gasteiger partial charge in [0.2, 0.25) is 5.95 Å². The van der Waals surface area contributed by atoms with Crippen LogP contribution in [0.5, 0.6) is 0 Å². The molecule has 5 rings (SSSR count). The van der Waals surface area contributed by atoms with Crippen molar-refractivity contribution in [2.45, 2.75) is 63.6 Å². The Hall–Kier alpha value is -2.89. The Balaban J connectivity index is 1.43. The molecular formula is C27H38N6O3SSi. The summed E-state index contributed by atoms with van der Waals surface area (Å²) in [5, 5.41) is 3.10. The van der Waals surface area contributed by atoms with Crippen molar-refractivity contribution in [3.8, 4) is 0 Å². The van der Waals surface area contributed by atoms with Gasteiger partial charge >= 0.3 is 0 Å². The quantitative estimate of drug-likeness (QED) is 0.338. The van der Waals surface area contributed by atoms with E-state index < -0.39 is 18.3 Å². The minimum absolute atomic E-state index is 0.195. The summed E-state index contributed by atoms with van der Waals surface area (Å²) in [4.78, 5) is 9.25. The van der Waals surface area contributed by atoms with Crippen LogP contribution in [0.1, 0.15) is 39.2 Å². The smallest absolute Gasteiger partial charge is 0.269 e. The number of aromatic nitrogens is 4. The number of pyridine rings is 1. The number of nitrogens with zero attached hydrogens (tertiary/aromatic N) is 5. The maximum absolute atomic E-state index is 13.4. The number of benzene rings is 1. The third-order valence-electron chi connectivity index (χ3n) is 8.23. The van der Waals surface area contributed by atoms with E-state index in [1.54, 1.807) is 42.7 Å². The van der Waals surface area contributed by atoms with Crippen LogP contribution in [0, 0.1) is 12.8 Å². The van der Waals surface area contributed by atoms with Crippen LogP contribution in [0.4, 0.5) is 5.95 Å². The Kier molecular flexibility index (Phi) is 6.60. The van der Waals surface area contributed by atoms with Crippen LogP contribution in [0.2, 0.25) is 18.1 Å². The first kappa shape index (κ1) is 26.7. The Morgan fingerprint density at radius 1 is 1.11 bits per heavy atom. The van der Waals surface area contributed by atoms with Crippen molar-refractivity contribution in [2.24, 2.45) is 5.92 Å². The third-order valence-corrected chi connectivity index (χ3v) is 14.4. The lowest BCUT2D eigenvalue weighted by Crippen LogP contribution is -2.45. The molecule has 204 valence electrons. The first-order chi connectivity index (χ1) is 17.8. The molecule has 38 heavy (non-hydrogen) atoms. The number of hydrogen-bond donors (Lipinski definition) is 1. The predicted molar refractivity (Wildman–Crippen MR) is 155 cm³/mol. The third kappa shape index (κ3) is 4.60. The molecule has 2 N–H and O–H groups in total. The van der Waals surface area contributed by atoms with Gasteiger partial charge in [-0.15, -0.1) is 0 Å². The zero-order chi connectivity index (χ0) is 27.5. The van der Waals surface area contributed by atoms with Gasteiger partial charge in [-0.05, 0) is 62.0 Å². The van der Waals surface area contributed by atoms with Gasteiger partial charge in [0, 0.05) is 31.3 Å². The number of fused-ring (bicyclic) bond motifs is 3. The Labute approximate surface area is 225 Å². The normalized spacial score (nSPS) is 16.1. The molecular weight excluding hydrogens is 516 g/mol. The van der Waals surface area contributed by atoms with Crippen LogP contribution in [0.3, 0.4) is 0 Å². The summed E-state index contributed by atoms with van der Waals surface area (Å²) in [6.45, 7) is 15.7. The van der Waals surface area contributed by atoms with Crippen molar-refractivity contribution in [3.63, 3.8) is 0 Å². The molecule has 1 aromatic carbocycles. The summed E-state index contributed by atoms with van der Waals surface area (Å²) in [5.74, 6) is 0.873. The number of anilines is 1. The van der Waals surface area contributed by atoms with Crippen LogP contribution < -0.4 is 10.7 Å². The van der Waals surface area contributed by atoms with Crippen LogP contribution in [0.25, 0.3) is 22.1 Å². The Morgan fingerprint density at radius 2 is 1.76 bits per heavy atom. The summed E-state index contributed by atoms with van der Waals surface area (Å²) < 4.78 is 36.5. The number of hydrogen-bond acceptors (Lipinski definition) is 7. The standard InChI is InChI=1S/C27H38N6O3SSi/c1-19-7-9-21(10-8-19)37(34,35)32-16-13-22-24-23(17-29-25(22)32)30-26(28)33(24)31-14-11-20(12-15-31)18-36-38(5,6)27(2,3)4/h7-10,13,16-17,20H,11-12,14-15,18H2,1-6H3,(H2,28,30). The second-order valence-electron chi connectivity index (χ2n) is 11.9. The number of piperidine rings is 1. The maximum atomic E-state index is 13.4. The molecule has 0 spiro atoms. The molecule has 1 saturated heterocycles. The first-order valence-electron chi connectivity index (χ1n) is 13.1. The van der Waals surface area contributed by atoms with E-state index in [1.807, 2.05) is 11.6 Å². The summed E-state index contributed by atoms with van der Waals surface area (Å²) in [5.41, 5.74) is 9.19. The SMILES string of the molecule is Cc1ccc(S(=O)(=O)n2ccc3c2ncc2nc(N)n(N4CCC(CO[Si](C)(C)C(C)(C)C)CC4)c23)cc1. The van der Waals surface area contributed by atoms with E-state index in [0.29, 0.717) is 28.4 Å². The lowest BCUT2D eigenvalue weighted by atomic mass is 9.99. The molecule has 1 aliphatic rings. The van der Waals surface area contributed by atoms with E-state index in [1.165, 1.54) is 3.97 Å². The topological polar surface area (TPSA) is 108 Å². The summed E-state index contributed by atoms with van der Waals surface area (Å²) in [7, 11) is -5.59. The summed E-state index contributed by atoms with van der Waals surface area (Å²) >= 11 is 0. The highest BCUT2D eigenvalue weighted by atomic mass is 32.2. The minimum Gasteiger partial charge on any atom is -0.417 e. The van der Waals surface area contributed by atoms with Crippen molar-refractivity contribution in [3.05, 3.63) is 48.3 Å². The Bertz CT molecular complexity index is 1580. The lowest BCUT2D eigenvalue weighted by molar-refractivity contribution is 0.199. The van der Waals surface area contributed by atoms with E-state index in [9.17, 15) is 8.42 Å². The van der Waals surface area contributed by atoms with Crippen molar-refractivity contribution in [1.29, 1.82) is 0 Å². The second-order valence-corrected chi connectivity index (χ2v) is 18.5. The van der Waals surface area contributed by atoms with E-state index in [-0.39, 0.29) is 9.93 Å². The van der Waals surface area contributed by atoms with Gasteiger partial charge in [0.15, 0.2) is 14.0 Å². The van der Waals surface area contributed by atoms with Gasteiger partial charge in [0.1, 0.15) is 11.0 Å². The molecule has 0 bridgehead atoms. The fourth-order valence-corrected chi connectivity index (χ4v) is 7.15. The molecule has 0 amide bonds. The average Bonchev–Trinajstić information content (AvgIpc) is 3.43. The molecule has 4 heterocycles. The van der Waals surface area contributed by atoms with Crippen LogP contribution >= 0.6 is 0 Å². The largest absolute Gasteiger partial charge is 0.417 e. The molecule has 3 aromatic heterocycles. The molecule has 1 aliphatic heterocycles. The van der Waals surface area contributed by atoms with Gasteiger partial charge in [-0.2, -0.15) is 0 Å². The van der Waals surface area contributed by atoms with Crippen molar-refractivity contribution < 1.29 is 12.8 Å². The Morgan fingerprint density at radius 3 is 2.39 bits per heavy atom. The van der Waals surface area contributed by atoms with Gasteiger partial charge in [0.05, 0.1) is 11.1 Å². The minimum atomic E-state index is -3.81. The number of imidazole rings is 1. The molecule has 11 heteroatoms. The van der Waals surface area contributed by atoms with E-state index in [0.717, 1.165) is 43.6 Å². The average molecular weight is 555 g/mol. The van der Waals surface area contributed by atoms with E-state index >= 15 is 0 Å². The number of nitrogen functional groups attached to an aromatic ring is 1. The summed E-state index contributed by atoms with van der Waals surface area (Å²) in [6.07, 6.45) is 5.14. The molecule has 9 nitrogen and oxygen atoms in total. The van der Waals surface area contributed by atoms with Crippen molar-refractivity contribution >= 4 is 46.4 Å². The van der Waals surface area contributed by atoms with Gasteiger partial charge in [-0.3, -0.25) is 0 Å². The highest BCUT2D eigenvalue weighted by molar-refractivity contribution is 7.90. The molecule has 0 atom stereocenters. The maximum Gasteiger partial charge on any atom is 0.269 e. The van der Waals surface area contributed by atoms with Crippen LogP contribution in [0.15, 0.2) is 47.6 Å². The van der Waals surface area contributed by atoms with Crippen LogP contribution in [-0.2, 0) is 14.4 Å². The van der Waals surface area contributed by atoms with E-state index in [4.69, 9.17) is 10.2 Å². The van der Waals surface area contributed by atoms with Gasteiger partial charge in [0.25, 0.3) is 10.0 Å². The first-order valence-corrected chi connectivity index (χ1v) is 17.5. The number of rotatable bonds is 6. The van der Waals surface area contributed by atoms with Gasteiger partial charge in [-0.1, -0.05) is 38.5 Å². The second kappa shape index (κ2) is 9.39. The predicted octanol–water partition coefficient (Wildman–Crippen LogP) is 4.88. The lowest BCUT2D eigenvalue weighted by Gasteiger charge is -2.39. The van der Waals surface area contributed by atoms with Gasteiger partial charge < -0.3 is 15.2 Å². The fourth-order valence-electron chi connectivity index (χ4n) is 4.76. The monoisotopic (exact) mass is 554 g/mol. The molecule has 0 saturated carbocycles. The fraction of sp³-hybridized carbons (Fsp3) is 0.481. The molecule has 0 aliphatic carbocycles. The number of aryl methyl sites for hydroxylation is 1. The molecule has 1 fully saturated rings.